The first kappa shape index (κ1) is 19.1. The van der Waals surface area contributed by atoms with Gasteiger partial charge >= 0.3 is 0 Å². The molecule has 1 fully saturated rings. The summed E-state index contributed by atoms with van der Waals surface area (Å²) in [6.07, 6.45) is 1.01. The van der Waals surface area contributed by atoms with Crippen LogP contribution in [0.4, 0.5) is 5.69 Å². The van der Waals surface area contributed by atoms with Crippen LogP contribution >= 0.6 is 0 Å². The van der Waals surface area contributed by atoms with Gasteiger partial charge in [-0.25, -0.2) is 0 Å². The van der Waals surface area contributed by atoms with Crippen molar-refractivity contribution in [2.24, 2.45) is 0 Å². The second kappa shape index (κ2) is 7.73. The number of hydrogen-bond donors (Lipinski definition) is 0. The molecule has 0 radical (unpaired) electrons. The molecular formula is C27H28N2O. The second-order valence-corrected chi connectivity index (χ2v) is 8.75. The third-order valence-electron chi connectivity index (χ3n) is 6.70. The van der Waals surface area contributed by atoms with Gasteiger partial charge in [0, 0.05) is 24.2 Å². The smallest absolute Gasteiger partial charge is 0.239 e. The number of benzene rings is 3. The van der Waals surface area contributed by atoms with Crippen LogP contribution in [-0.4, -0.2) is 37.0 Å². The SMILES string of the molecule is Cc1ccc2c(c1)[C@H]1CN(C)CC[C@H]1N2C(=O)C(c1ccccc1)c1ccccc1. The quantitative estimate of drug-likeness (QED) is 0.625. The summed E-state index contributed by atoms with van der Waals surface area (Å²) in [5.74, 6) is 0.282. The minimum absolute atomic E-state index is 0.189. The molecule has 0 N–H and O–H groups in total. The number of aryl methyl sites for hydroxylation is 1. The van der Waals surface area contributed by atoms with E-state index in [1.807, 2.05) is 36.4 Å². The molecule has 0 spiro atoms. The largest absolute Gasteiger partial charge is 0.308 e. The van der Waals surface area contributed by atoms with Crippen molar-refractivity contribution in [3.63, 3.8) is 0 Å². The van der Waals surface area contributed by atoms with Gasteiger partial charge in [-0.2, -0.15) is 0 Å². The van der Waals surface area contributed by atoms with Crippen molar-refractivity contribution in [2.45, 2.75) is 31.2 Å². The van der Waals surface area contributed by atoms with E-state index in [0.29, 0.717) is 5.92 Å². The van der Waals surface area contributed by atoms with E-state index < -0.39 is 0 Å². The molecule has 0 unspecified atom stereocenters. The van der Waals surface area contributed by atoms with Gasteiger partial charge in [0.1, 0.15) is 0 Å². The zero-order valence-electron chi connectivity index (χ0n) is 17.7. The Labute approximate surface area is 178 Å². The molecule has 5 rings (SSSR count). The summed E-state index contributed by atoms with van der Waals surface area (Å²) in [6, 6.07) is 27.3. The lowest BCUT2D eigenvalue weighted by Gasteiger charge is -2.37. The summed E-state index contributed by atoms with van der Waals surface area (Å²) in [4.78, 5) is 18.8. The lowest BCUT2D eigenvalue weighted by Crippen LogP contribution is -2.48. The number of rotatable bonds is 3. The Morgan fingerprint density at radius 2 is 1.57 bits per heavy atom. The van der Waals surface area contributed by atoms with Gasteiger partial charge in [0.05, 0.1) is 5.92 Å². The number of carbonyl (C=O) groups is 1. The van der Waals surface area contributed by atoms with Crippen LogP contribution in [0.25, 0.3) is 0 Å². The maximum atomic E-state index is 14.2. The minimum Gasteiger partial charge on any atom is -0.308 e. The average molecular weight is 397 g/mol. The molecule has 2 aliphatic heterocycles. The number of nitrogens with zero attached hydrogens (tertiary/aromatic N) is 2. The standard InChI is InChI=1S/C27H28N2O/c1-19-13-14-24-22(17-19)23-18-28(2)16-15-25(23)29(24)27(30)26(20-9-5-3-6-10-20)21-11-7-4-8-12-21/h3-14,17,23,25-26H,15-16,18H2,1-2H3/t23-,25-/m1/s1. The molecule has 0 aromatic heterocycles. The predicted molar refractivity (Wildman–Crippen MR) is 122 cm³/mol. The predicted octanol–water partition coefficient (Wildman–Crippen LogP) is 4.96. The molecule has 1 amide bonds. The molecule has 0 aliphatic carbocycles. The number of hydrogen-bond acceptors (Lipinski definition) is 2. The van der Waals surface area contributed by atoms with E-state index in [4.69, 9.17) is 0 Å². The van der Waals surface area contributed by atoms with E-state index in [-0.39, 0.29) is 17.9 Å². The van der Waals surface area contributed by atoms with Crippen molar-refractivity contribution in [3.8, 4) is 0 Å². The number of amides is 1. The molecule has 2 aliphatic rings. The topological polar surface area (TPSA) is 23.6 Å². The number of carbonyl (C=O) groups excluding carboxylic acids is 1. The summed E-state index contributed by atoms with van der Waals surface area (Å²) < 4.78 is 0. The number of likely N-dealkylation sites (tertiary alicyclic amines) is 1. The van der Waals surface area contributed by atoms with Crippen LogP contribution in [0.5, 0.6) is 0 Å². The Balaban J connectivity index is 1.61. The molecule has 0 saturated carbocycles. The Kier molecular flexibility index (Phi) is 4.92. The summed E-state index contributed by atoms with van der Waals surface area (Å²) in [5, 5.41) is 0. The van der Waals surface area contributed by atoms with E-state index in [9.17, 15) is 4.79 Å². The van der Waals surface area contributed by atoms with E-state index in [1.54, 1.807) is 0 Å². The molecule has 2 heterocycles. The van der Waals surface area contributed by atoms with Gasteiger partial charge in [0.2, 0.25) is 5.91 Å². The highest BCUT2D eigenvalue weighted by molar-refractivity contribution is 6.02. The summed E-state index contributed by atoms with van der Waals surface area (Å²) >= 11 is 0. The normalized spacial score (nSPS) is 20.8. The van der Waals surface area contributed by atoms with Crippen molar-refractivity contribution in [1.82, 2.24) is 4.90 Å². The van der Waals surface area contributed by atoms with E-state index in [2.05, 4.69) is 66.2 Å². The highest BCUT2D eigenvalue weighted by Gasteiger charge is 2.45. The fourth-order valence-electron chi connectivity index (χ4n) is 5.28. The lowest BCUT2D eigenvalue weighted by atomic mass is 9.87. The van der Waals surface area contributed by atoms with Crippen LogP contribution < -0.4 is 4.90 Å². The second-order valence-electron chi connectivity index (χ2n) is 8.75. The third-order valence-corrected chi connectivity index (χ3v) is 6.70. The van der Waals surface area contributed by atoms with Gasteiger partial charge < -0.3 is 9.80 Å². The molecule has 152 valence electrons. The number of anilines is 1. The summed E-state index contributed by atoms with van der Waals surface area (Å²) in [5.41, 5.74) is 5.81. The van der Waals surface area contributed by atoms with E-state index in [1.165, 1.54) is 11.1 Å². The molecular weight excluding hydrogens is 368 g/mol. The number of fused-ring (bicyclic) bond motifs is 3. The molecule has 3 heteroatoms. The van der Waals surface area contributed by atoms with Crippen LogP contribution in [0.15, 0.2) is 78.9 Å². The average Bonchev–Trinajstić information content (AvgIpc) is 3.08. The molecule has 1 saturated heterocycles. The third kappa shape index (κ3) is 3.23. The fraction of sp³-hybridized carbons (Fsp3) is 0.296. The van der Waals surface area contributed by atoms with Gasteiger partial charge in [-0.3, -0.25) is 4.79 Å². The van der Waals surface area contributed by atoms with Crippen molar-refractivity contribution in [3.05, 3.63) is 101 Å². The van der Waals surface area contributed by atoms with E-state index >= 15 is 0 Å². The molecule has 3 aromatic carbocycles. The van der Waals surface area contributed by atoms with Gasteiger partial charge in [-0.15, -0.1) is 0 Å². The van der Waals surface area contributed by atoms with Crippen molar-refractivity contribution >= 4 is 11.6 Å². The number of piperidine rings is 1. The van der Waals surface area contributed by atoms with Crippen LogP contribution in [0.1, 0.15) is 40.5 Å². The first-order chi connectivity index (χ1) is 14.6. The van der Waals surface area contributed by atoms with E-state index in [0.717, 1.165) is 36.3 Å². The Hall–Kier alpha value is -2.91. The monoisotopic (exact) mass is 396 g/mol. The molecule has 3 nitrogen and oxygen atoms in total. The van der Waals surface area contributed by atoms with Crippen LogP contribution in [0.2, 0.25) is 0 Å². The van der Waals surface area contributed by atoms with Gasteiger partial charge in [-0.05, 0) is 49.7 Å². The zero-order valence-corrected chi connectivity index (χ0v) is 17.7. The van der Waals surface area contributed by atoms with Crippen molar-refractivity contribution in [2.75, 3.05) is 25.0 Å². The molecule has 0 bridgehead atoms. The summed E-state index contributed by atoms with van der Waals surface area (Å²) in [7, 11) is 2.19. The fourth-order valence-corrected chi connectivity index (χ4v) is 5.28. The highest BCUT2D eigenvalue weighted by Crippen LogP contribution is 2.46. The minimum atomic E-state index is -0.292. The van der Waals surface area contributed by atoms with Crippen LogP contribution in [0.3, 0.4) is 0 Å². The Morgan fingerprint density at radius 3 is 2.20 bits per heavy atom. The highest BCUT2D eigenvalue weighted by atomic mass is 16.2. The lowest BCUT2D eigenvalue weighted by molar-refractivity contribution is -0.119. The first-order valence-corrected chi connectivity index (χ1v) is 10.9. The first-order valence-electron chi connectivity index (χ1n) is 10.9. The summed E-state index contributed by atoms with van der Waals surface area (Å²) in [6.45, 7) is 4.18. The van der Waals surface area contributed by atoms with Gasteiger partial charge in [-0.1, -0.05) is 78.4 Å². The molecule has 2 atom stereocenters. The van der Waals surface area contributed by atoms with Gasteiger partial charge in [0.25, 0.3) is 0 Å². The number of likely N-dealkylation sites (N-methyl/N-ethyl adjacent to an activating group) is 1. The van der Waals surface area contributed by atoms with Crippen molar-refractivity contribution in [1.29, 1.82) is 0 Å². The molecule has 30 heavy (non-hydrogen) atoms. The molecule has 3 aromatic rings. The maximum absolute atomic E-state index is 14.2. The zero-order chi connectivity index (χ0) is 20.7. The Bertz CT molecular complexity index is 1010. The van der Waals surface area contributed by atoms with Gasteiger partial charge in [0.15, 0.2) is 0 Å². The maximum Gasteiger partial charge on any atom is 0.239 e. The van der Waals surface area contributed by atoms with Crippen LogP contribution in [-0.2, 0) is 4.79 Å². The Morgan fingerprint density at radius 1 is 0.933 bits per heavy atom. The van der Waals surface area contributed by atoms with Crippen molar-refractivity contribution < 1.29 is 4.79 Å². The van der Waals surface area contributed by atoms with Crippen LogP contribution in [0, 0.1) is 6.92 Å².